The number of nitriles is 1. The first kappa shape index (κ1) is 11.1. The van der Waals surface area contributed by atoms with Crippen molar-refractivity contribution in [2.45, 2.75) is 13.0 Å². The third kappa shape index (κ3) is 1.83. The lowest BCUT2D eigenvalue weighted by molar-refractivity contribution is 0.745. The van der Waals surface area contributed by atoms with Crippen LogP contribution >= 0.6 is 11.3 Å². The number of benzene rings is 1. The van der Waals surface area contributed by atoms with Crippen LogP contribution in [0.4, 0.5) is 11.4 Å². The van der Waals surface area contributed by atoms with Gasteiger partial charge in [-0.2, -0.15) is 5.26 Å². The number of rotatable bonds is 1. The van der Waals surface area contributed by atoms with Crippen LogP contribution in [0.15, 0.2) is 29.6 Å². The minimum atomic E-state index is 0.615. The van der Waals surface area contributed by atoms with Crippen molar-refractivity contribution in [3.8, 4) is 6.07 Å². The second kappa shape index (κ2) is 4.35. The van der Waals surface area contributed by atoms with Crippen molar-refractivity contribution in [2.75, 3.05) is 17.2 Å². The van der Waals surface area contributed by atoms with Gasteiger partial charge in [0.15, 0.2) is 0 Å². The maximum atomic E-state index is 8.85. The smallest absolute Gasteiger partial charge is 0.0992 e. The highest BCUT2D eigenvalue weighted by Crippen LogP contribution is 2.31. The number of thiophene rings is 1. The molecule has 1 aromatic heterocycles. The number of hydrogen-bond donors (Lipinski definition) is 1. The molecule has 90 valence electrons. The third-order valence-corrected chi connectivity index (χ3v) is 4.33. The monoisotopic (exact) mass is 255 g/mol. The summed E-state index contributed by atoms with van der Waals surface area (Å²) in [6, 6.07) is 9.83. The SMILES string of the molecule is N#Cc1ccc(N2CCc3sccc3C2)c(N)c1. The Morgan fingerprint density at radius 3 is 3.00 bits per heavy atom. The van der Waals surface area contributed by atoms with Gasteiger partial charge in [-0.3, -0.25) is 0 Å². The minimum absolute atomic E-state index is 0.615. The van der Waals surface area contributed by atoms with E-state index in [1.807, 2.05) is 23.5 Å². The van der Waals surface area contributed by atoms with Gasteiger partial charge in [-0.25, -0.2) is 0 Å². The molecule has 2 N–H and O–H groups in total. The molecule has 2 aromatic rings. The fraction of sp³-hybridized carbons (Fsp3) is 0.214. The first-order valence-electron chi connectivity index (χ1n) is 5.88. The van der Waals surface area contributed by atoms with Crippen LogP contribution in [0.2, 0.25) is 0 Å². The molecular weight excluding hydrogens is 242 g/mol. The van der Waals surface area contributed by atoms with Crippen molar-refractivity contribution in [1.82, 2.24) is 0 Å². The molecule has 18 heavy (non-hydrogen) atoms. The Hall–Kier alpha value is -1.99. The van der Waals surface area contributed by atoms with Crippen molar-refractivity contribution in [3.05, 3.63) is 45.6 Å². The number of nitrogens with two attached hydrogens (primary N) is 1. The molecule has 0 fully saturated rings. The van der Waals surface area contributed by atoms with Crippen LogP contribution in [0.1, 0.15) is 16.0 Å². The van der Waals surface area contributed by atoms with E-state index in [4.69, 9.17) is 11.0 Å². The number of nitrogens with zero attached hydrogens (tertiary/aromatic N) is 2. The highest BCUT2D eigenvalue weighted by Gasteiger charge is 2.18. The summed E-state index contributed by atoms with van der Waals surface area (Å²) in [7, 11) is 0. The molecule has 1 aromatic carbocycles. The van der Waals surface area contributed by atoms with Gasteiger partial charge in [0.25, 0.3) is 0 Å². The lowest BCUT2D eigenvalue weighted by Gasteiger charge is -2.30. The van der Waals surface area contributed by atoms with E-state index >= 15 is 0 Å². The van der Waals surface area contributed by atoms with Crippen LogP contribution < -0.4 is 10.6 Å². The Kier molecular flexibility index (Phi) is 2.69. The highest BCUT2D eigenvalue weighted by molar-refractivity contribution is 7.10. The number of anilines is 2. The Morgan fingerprint density at radius 2 is 2.22 bits per heavy atom. The van der Waals surface area contributed by atoms with Gasteiger partial charge in [0.05, 0.1) is 23.0 Å². The molecule has 0 aliphatic carbocycles. The molecule has 0 bridgehead atoms. The zero-order valence-corrected chi connectivity index (χ0v) is 10.7. The lowest BCUT2D eigenvalue weighted by Crippen LogP contribution is -2.29. The Labute approximate surface area is 110 Å². The predicted octanol–water partition coefficient (Wildman–Crippen LogP) is 2.76. The van der Waals surface area contributed by atoms with Crippen LogP contribution in [-0.4, -0.2) is 6.54 Å². The van der Waals surface area contributed by atoms with E-state index in [2.05, 4.69) is 22.4 Å². The van der Waals surface area contributed by atoms with Gasteiger partial charge in [-0.1, -0.05) is 0 Å². The summed E-state index contributed by atoms with van der Waals surface area (Å²) in [6.45, 7) is 1.90. The van der Waals surface area contributed by atoms with Crippen LogP contribution in [0.5, 0.6) is 0 Å². The van der Waals surface area contributed by atoms with E-state index in [0.29, 0.717) is 11.3 Å². The number of fused-ring (bicyclic) bond motifs is 1. The molecule has 0 saturated heterocycles. The number of hydrogen-bond acceptors (Lipinski definition) is 4. The Bertz CT molecular complexity index is 624. The Morgan fingerprint density at radius 1 is 1.33 bits per heavy atom. The molecule has 0 unspecified atom stereocenters. The van der Waals surface area contributed by atoms with E-state index in [1.165, 1.54) is 10.4 Å². The van der Waals surface area contributed by atoms with E-state index < -0.39 is 0 Å². The first-order valence-corrected chi connectivity index (χ1v) is 6.75. The van der Waals surface area contributed by atoms with E-state index in [1.54, 1.807) is 6.07 Å². The van der Waals surface area contributed by atoms with E-state index in [-0.39, 0.29) is 0 Å². The van der Waals surface area contributed by atoms with Crippen LogP contribution in [0.3, 0.4) is 0 Å². The second-order valence-corrected chi connectivity index (χ2v) is 5.43. The van der Waals surface area contributed by atoms with Gasteiger partial charge in [0, 0.05) is 18.0 Å². The summed E-state index contributed by atoms with van der Waals surface area (Å²) < 4.78 is 0. The summed E-state index contributed by atoms with van der Waals surface area (Å²) in [5, 5.41) is 11.0. The summed E-state index contributed by atoms with van der Waals surface area (Å²) in [4.78, 5) is 3.77. The van der Waals surface area contributed by atoms with Gasteiger partial charge in [0.2, 0.25) is 0 Å². The second-order valence-electron chi connectivity index (χ2n) is 4.43. The molecule has 3 rings (SSSR count). The van der Waals surface area contributed by atoms with Crippen molar-refractivity contribution in [2.24, 2.45) is 0 Å². The Balaban J connectivity index is 1.91. The summed E-state index contributed by atoms with van der Waals surface area (Å²) in [6.07, 6.45) is 1.08. The molecule has 0 saturated carbocycles. The quantitative estimate of drug-likeness (QED) is 0.797. The van der Waals surface area contributed by atoms with Gasteiger partial charge in [-0.05, 0) is 41.6 Å². The molecule has 1 aliphatic rings. The van der Waals surface area contributed by atoms with Gasteiger partial charge >= 0.3 is 0 Å². The largest absolute Gasteiger partial charge is 0.397 e. The molecule has 1 aliphatic heterocycles. The predicted molar refractivity (Wildman–Crippen MR) is 74.6 cm³/mol. The van der Waals surface area contributed by atoms with E-state index in [9.17, 15) is 0 Å². The molecule has 3 nitrogen and oxygen atoms in total. The first-order chi connectivity index (χ1) is 8.78. The van der Waals surface area contributed by atoms with E-state index in [0.717, 1.165) is 25.2 Å². The van der Waals surface area contributed by atoms with Crippen molar-refractivity contribution in [3.63, 3.8) is 0 Å². The summed E-state index contributed by atoms with van der Waals surface area (Å²) >= 11 is 1.83. The molecule has 4 heteroatoms. The van der Waals surface area contributed by atoms with Crippen molar-refractivity contribution >= 4 is 22.7 Å². The van der Waals surface area contributed by atoms with Gasteiger partial charge in [0.1, 0.15) is 0 Å². The van der Waals surface area contributed by atoms with Crippen LogP contribution in [0, 0.1) is 11.3 Å². The van der Waals surface area contributed by atoms with Crippen molar-refractivity contribution in [1.29, 1.82) is 5.26 Å². The lowest BCUT2D eigenvalue weighted by atomic mass is 10.1. The molecule has 2 heterocycles. The maximum Gasteiger partial charge on any atom is 0.0992 e. The van der Waals surface area contributed by atoms with Crippen molar-refractivity contribution < 1.29 is 0 Å². The zero-order valence-electron chi connectivity index (χ0n) is 9.89. The minimum Gasteiger partial charge on any atom is -0.397 e. The molecular formula is C14H13N3S. The van der Waals surface area contributed by atoms with Gasteiger partial charge < -0.3 is 10.6 Å². The average molecular weight is 255 g/mol. The number of nitrogen functional groups attached to an aromatic ring is 1. The zero-order chi connectivity index (χ0) is 12.5. The maximum absolute atomic E-state index is 8.85. The topological polar surface area (TPSA) is 53.0 Å². The standard InChI is InChI=1S/C14H13N3S/c15-8-10-1-2-13(12(16)7-10)17-5-3-14-11(9-17)4-6-18-14/h1-2,4,6-7H,3,5,9,16H2. The normalized spacial score (nSPS) is 14.1. The fourth-order valence-corrected chi connectivity index (χ4v) is 3.26. The molecule has 0 atom stereocenters. The molecule has 0 radical (unpaired) electrons. The summed E-state index contributed by atoms with van der Waals surface area (Å²) in [5.41, 5.74) is 9.77. The van der Waals surface area contributed by atoms with Gasteiger partial charge in [-0.15, -0.1) is 11.3 Å². The molecule has 0 spiro atoms. The average Bonchev–Trinajstić information content (AvgIpc) is 2.85. The third-order valence-electron chi connectivity index (χ3n) is 3.30. The van der Waals surface area contributed by atoms with Crippen LogP contribution in [0.25, 0.3) is 0 Å². The molecule has 0 amide bonds. The highest BCUT2D eigenvalue weighted by atomic mass is 32.1. The fourth-order valence-electron chi connectivity index (χ4n) is 2.37. The van der Waals surface area contributed by atoms with Crippen LogP contribution in [-0.2, 0) is 13.0 Å². The summed E-state index contributed by atoms with van der Waals surface area (Å²) in [5.74, 6) is 0.